The van der Waals surface area contributed by atoms with Crippen LogP contribution >= 0.6 is 11.6 Å². The number of benzene rings is 1. The summed E-state index contributed by atoms with van der Waals surface area (Å²) >= 11 is 6.22. The molecule has 19 heavy (non-hydrogen) atoms. The number of nitrogens with two attached hydrogens (primary N) is 1. The van der Waals surface area contributed by atoms with Crippen molar-refractivity contribution < 1.29 is 9.53 Å². The van der Waals surface area contributed by atoms with Crippen LogP contribution in [-0.4, -0.2) is 25.7 Å². The molecule has 0 spiro atoms. The molecule has 1 heterocycles. The molecule has 1 aliphatic heterocycles. The van der Waals surface area contributed by atoms with E-state index < -0.39 is 0 Å². The number of hydrogen-bond donors (Lipinski definition) is 1. The summed E-state index contributed by atoms with van der Waals surface area (Å²) in [5.74, 6) is -0.0724. The minimum absolute atomic E-state index is 0.0102. The van der Waals surface area contributed by atoms with E-state index in [1.54, 1.807) is 6.07 Å². The van der Waals surface area contributed by atoms with Crippen LogP contribution in [0.3, 0.4) is 0 Å². The lowest BCUT2D eigenvalue weighted by molar-refractivity contribution is -0.148. The van der Waals surface area contributed by atoms with E-state index >= 15 is 0 Å². The Morgan fingerprint density at radius 2 is 2.16 bits per heavy atom. The minimum atomic E-state index is -0.0826. The molecule has 1 aromatic carbocycles. The van der Waals surface area contributed by atoms with E-state index in [9.17, 15) is 4.79 Å². The molecule has 0 amide bonds. The maximum absolute atomic E-state index is 11.7. The largest absolute Gasteiger partial charge is 0.466 e. The topological polar surface area (TPSA) is 55.6 Å². The average Bonchev–Trinajstić information content (AvgIpc) is 2.42. The first-order valence-corrected chi connectivity index (χ1v) is 6.96. The Bertz CT molecular complexity index is 457. The number of rotatable bonds is 3. The van der Waals surface area contributed by atoms with Gasteiger partial charge in [0.15, 0.2) is 0 Å². The fourth-order valence-corrected chi connectivity index (χ4v) is 2.64. The summed E-state index contributed by atoms with van der Waals surface area (Å²) in [6.45, 7) is 3.87. The zero-order chi connectivity index (χ0) is 13.8. The Morgan fingerprint density at radius 1 is 1.47 bits per heavy atom. The standard InChI is InChI=1S/C14H19ClN2O2/c1-2-19-14(18)10-6-8-17(9-7-10)12-5-3-4-11(16)13(12)15/h3-5,10H,2,6-9,16H2,1H3. The maximum atomic E-state index is 11.7. The van der Waals surface area contributed by atoms with Crippen molar-refractivity contribution in [3.05, 3.63) is 23.2 Å². The van der Waals surface area contributed by atoms with Gasteiger partial charge in [0.25, 0.3) is 0 Å². The molecule has 1 fully saturated rings. The van der Waals surface area contributed by atoms with Crippen molar-refractivity contribution in [1.29, 1.82) is 0 Å². The Balaban J connectivity index is 2.00. The smallest absolute Gasteiger partial charge is 0.309 e. The van der Waals surface area contributed by atoms with E-state index in [-0.39, 0.29) is 11.9 Å². The van der Waals surface area contributed by atoms with Crippen molar-refractivity contribution in [3.8, 4) is 0 Å². The van der Waals surface area contributed by atoms with Crippen molar-refractivity contribution >= 4 is 28.9 Å². The van der Waals surface area contributed by atoms with Crippen LogP contribution in [0.5, 0.6) is 0 Å². The third-order valence-electron chi connectivity index (χ3n) is 3.46. The summed E-state index contributed by atoms with van der Waals surface area (Å²) < 4.78 is 5.06. The number of esters is 1. The molecule has 1 aromatic rings. The van der Waals surface area contributed by atoms with Gasteiger partial charge in [0.2, 0.25) is 0 Å². The number of halogens is 1. The van der Waals surface area contributed by atoms with Crippen molar-refractivity contribution in [3.63, 3.8) is 0 Å². The molecule has 1 saturated heterocycles. The van der Waals surface area contributed by atoms with Crippen LogP contribution in [0, 0.1) is 5.92 Å². The highest BCUT2D eigenvalue weighted by molar-refractivity contribution is 6.35. The molecule has 0 atom stereocenters. The highest BCUT2D eigenvalue weighted by Crippen LogP contribution is 2.33. The van der Waals surface area contributed by atoms with Crippen LogP contribution in [0.2, 0.25) is 5.02 Å². The van der Waals surface area contributed by atoms with Crippen molar-refractivity contribution in [2.24, 2.45) is 5.92 Å². The van der Waals surface area contributed by atoms with Crippen molar-refractivity contribution in [2.75, 3.05) is 30.3 Å². The fourth-order valence-electron chi connectivity index (χ4n) is 2.40. The summed E-state index contributed by atoms with van der Waals surface area (Å²) in [6.07, 6.45) is 1.59. The zero-order valence-electron chi connectivity index (χ0n) is 11.1. The number of ether oxygens (including phenoxy) is 1. The first kappa shape index (κ1) is 14.0. The molecule has 2 rings (SSSR count). The zero-order valence-corrected chi connectivity index (χ0v) is 11.8. The number of piperidine rings is 1. The van der Waals surface area contributed by atoms with E-state index in [0.29, 0.717) is 17.3 Å². The van der Waals surface area contributed by atoms with Gasteiger partial charge in [-0.25, -0.2) is 0 Å². The lowest BCUT2D eigenvalue weighted by Gasteiger charge is -2.33. The summed E-state index contributed by atoms with van der Waals surface area (Å²) in [5.41, 5.74) is 7.35. The lowest BCUT2D eigenvalue weighted by atomic mass is 9.96. The van der Waals surface area contributed by atoms with Gasteiger partial charge in [-0.05, 0) is 31.9 Å². The molecule has 0 unspecified atom stereocenters. The Morgan fingerprint density at radius 3 is 2.79 bits per heavy atom. The predicted octanol–water partition coefficient (Wildman–Crippen LogP) is 2.70. The van der Waals surface area contributed by atoms with Gasteiger partial charge in [-0.3, -0.25) is 4.79 Å². The molecule has 5 heteroatoms. The van der Waals surface area contributed by atoms with Crippen LogP contribution < -0.4 is 10.6 Å². The number of anilines is 2. The summed E-state index contributed by atoms with van der Waals surface area (Å²) in [5, 5.41) is 0.595. The number of hydrogen-bond acceptors (Lipinski definition) is 4. The third kappa shape index (κ3) is 3.13. The van der Waals surface area contributed by atoms with Gasteiger partial charge in [0.1, 0.15) is 0 Å². The van der Waals surface area contributed by atoms with Crippen LogP contribution in [0.15, 0.2) is 18.2 Å². The minimum Gasteiger partial charge on any atom is -0.466 e. The van der Waals surface area contributed by atoms with Gasteiger partial charge in [-0.2, -0.15) is 0 Å². The molecular formula is C14H19ClN2O2. The van der Waals surface area contributed by atoms with E-state index in [1.165, 1.54) is 0 Å². The molecular weight excluding hydrogens is 264 g/mol. The SMILES string of the molecule is CCOC(=O)C1CCN(c2cccc(N)c2Cl)CC1. The van der Waals surface area contributed by atoms with Gasteiger partial charge in [0.05, 0.1) is 28.9 Å². The van der Waals surface area contributed by atoms with Gasteiger partial charge in [-0.1, -0.05) is 17.7 Å². The van der Waals surface area contributed by atoms with Crippen LogP contribution in [-0.2, 0) is 9.53 Å². The quantitative estimate of drug-likeness (QED) is 0.684. The van der Waals surface area contributed by atoms with E-state index in [0.717, 1.165) is 31.6 Å². The molecule has 0 radical (unpaired) electrons. The maximum Gasteiger partial charge on any atom is 0.309 e. The highest BCUT2D eigenvalue weighted by Gasteiger charge is 2.26. The van der Waals surface area contributed by atoms with Crippen molar-refractivity contribution in [2.45, 2.75) is 19.8 Å². The van der Waals surface area contributed by atoms with Crippen LogP contribution in [0.1, 0.15) is 19.8 Å². The van der Waals surface area contributed by atoms with Gasteiger partial charge >= 0.3 is 5.97 Å². The number of nitrogen functional groups attached to an aromatic ring is 1. The third-order valence-corrected chi connectivity index (χ3v) is 3.88. The number of nitrogens with zero attached hydrogens (tertiary/aromatic N) is 1. The first-order valence-electron chi connectivity index (χ1n) is 6.59. The summed E-state index contributed by atoms with van der Waals surface area (Å²) in [4.78, 5) is 13.9. The van der Waals surface area contributed by atoms with Crippen molar-refractivity contribution in [1.82, 2.24) is 0 Å². The van der Waals surface area contributed by atoms with E-state index in [4.69, 9.17) is 22.1 Å². The van der Waals surface area contributed by atoms with Gasteiger partial charge in [0, 0.05) is 13.1 Å². The van der Waals surface area contributed by atoms with E-state index in [2.05, 4.69) is 4.90 Å². The second-order valence-corrected chi connectivity index (χ2v) is 5.07. The molecule has 0 saturated carbocycles. The Hall–Kier alpha value is -1.42. The van der Waals surface area contributed by atoms with Gasteiger partial charge in [-0.15, -0.1) is 0 Å². The number of carbonyl (C=O) groups is 1. The fraction of sp³-hybridized carbons (Fsp3) is 0.500. The molecule has 0 aromatic heterocycles. The molecule has 1 aliphatic rings. The lowest BCUT2D eigenvalue weighted by Crippen LogP contribution is -2.37. The number of carbonyl (C=O) groups excluding carboxylic acids is 1. The Kier molecular flexibility index (Phi) is 4.53. The molecule has 2 N–H and O–H groups in total. The first-order chi connectivity index (χ1) is 9.13. The molecule has 0 aliphatic carbocycles. The average molecular weight is 283 g/mol. The van der Waals surface area contributed by atoms with Gasteiger partial charge < -0.3 is 15.4 Å². The highest BCUT2D eigenvalue weighted by atomic mass is 35.5. The normalized spacial score (nSPS) is 16.4. The van der Waals surface area contributed by atoms with E-state index in [1.807, 2.05) is 19.1 Å². The molecule has 104 valence electrons. The monoisotopic (exact) mass is 282 g/mol. The summed E-state index contributed by atoms with van der Waals surface area (Å²) in [7, 11) is 0. The summed E-state index contributed by atoms with van der Waals surface area (Å²) in [6, 6.07) is 5.65. The predicted molar refractivity (Wildman–Crippen MR) is 77.4 cm³/mol. The van der Waals surface area contributed by atoms with Crippen LogP contribution in [0.4, 0.5) is 11.4 Å². The second kappa shape index (κ2) is 6.15. The van der Waals surface area contributed by atoms with Crippen LogP contribution in [0.25, 0.3) is 0 Å². The second-order valence-electron chi connectivity index (χ2n) is 4.69. The Labute approximate surface area is 118 Å². The molecule has 4 nitrogen and oxygen atoms in total. The molecule has 0 bridgehead atoms.